The van der Waals surface area contributed by atoms with Gasteiger partial charge < -0.3 is 9.47 Å². The molecule has 1 aliphatic rings. The molecule has 0 saturated heterocycles. The molecule has 4 rings (SSSR count). The SMILES string of the molecule is Cc1ccc(-c2nn(CC3CCC(COCC(=O)OC(C)(C)C)CC3)c(C)c2-c2ccccc2)c(F)c1. The van der Waals surface area contributed by atoms with Crippen molar-refractivity contribution in [3.05, 3.63) is 65.6 Å². The molecule has 1 aromatic heterocycles. The Morgan fingerprint density at radius 1 is 1.03 bits per heavy atom. The molecule has 1 fully saturated rings. The number of benzene rings is 2. The predicted molar refractivity (Wildman–Crippen MR) is 145 cm³/mol. The monoisotopic (exact) mass is 506 g/mol. The molecular weight excluding hydrogens is 467 g/mol. The van der Waals surface area contributed by atoms with Crippen LogP contribution in [0.3, 0.4) is 0 Å². The van der Waals surface area contributed by atoms with Gasteiger partial charge in [0.15, 0.2) is 0 Å². The standard InChI is InChI=1S/C31H39FN2O3/c1-21-11-16-26(27(32)17-21)30-29(25-9-7-6-8-10-25)22(2)34(33-30)18-23-12-14-24(15-13-23)19-36-20-28(35)37-31(3,4)5/h6-11,16-17,23-24H,12-15,18-20H2,1-5H3. The number of aromatic nitrogens is 2. The van der Waals surface area contributed by atoms with Crippen LogP contribution >= 0.6 is 0 Å². The van der Waals surface area contributed by atoms with Crippen LogP contribution in [0, 0.1) is 31.5 Å². The summed E-state index contributed by atoms with van der Waals surface area (Å²) in [6.45, 7) is 11.0. The van der Waals surface area contributed by atoms with E-state index in [1.165, 1.54) is 0 Å². The Bertz CT molecular complexity index is 1210. The molecule has 1 heterocycles. The number of carbonyl (C=O) groups excluding carboxylic acids is 1. The van der Waals surface area contributed by atoms with Crippen molar-refractivity contribution in [3.8, 4) is 22.4 Å². The topological polar surface area (TPSA) is 53.4 Å². The maximum absolute atomic E-state index is 15.0. The molecule has 0 spiro atoms. The first-order valence-corrected chi connectivity index (χ1v) is 13.3. The van der Waals surface area contributed by atoms with Gasteiger partial charge in [0.25, 0.3) is 0 Å². The van der Waals surface area contributed by atoms with E-state index >= 15 is 4.39 Å². The van der Waals surface area contributed by atoms with Crippen molar-refractivity contribution in [1.82, 2.24) is 9.78 Å². The lowest BCUT2D eigenvalue weighted by Crippen LogP contribution is -2.28. The number of aryl methyl sites for hydroxylation is 1. The van der Waals surface area contributed by atoms with Crippen molar-refractivity contribution < 1.29 is 18.7 Å². The van der Waals surface area contributed by atoms with Crippen LogP contribution < -0.4 is 0 Å². The lowest BCUT2D eigenvalue weighted by atomic mass is 9.82. The molecule has 3 aromatic rings. The van der Waals surface area contributed by atoms with E-state index < -0.39 is 5.60 Å². The van der Waals surface area contributed by atoms with Crippen LogP contribution in [0.5, 0.6) is 0 Å². The van der Waals surface area contributed by atoms with Gasteiger partial charge in [-0.15, -0.1) is 0 Å². The molecule has 6 heteroatoms. The largest absolute Gasteiger partial charge is 0.458 e. The van der Waals surface area contributed by atoms with Crippen LogP contribution in [0.2, 0.25) is 0 Å². The number of nitrogens with zero attached hydrogens (tertiary/aromatic N) is 2. The summed E-state index contributed by atoms with van der Waals surface area (Å²) in [4.78, 5) is 11.9. The van der Waals surface area contributed by atoms with Crippen molar-refractivity contribution in [2.24, 2.45) is 11.8 Å². The zero-order valence-corrected chi connectivity index (χ0v) is 22.7. The third kappa shape index (κ3) is 7.07. The Morgan fingerprint density at radius 3 is 2.35 bits per heavy atom. The van der Waals surface area contributed by atoms with E-state index in [-0.39, 0.29) is 18.4 Å². The van der Waals surface area contributed by atoms with Gasteiger partial charge in [0, 0.05) is 23.4 Å². The summed E-state index contributed by atoms with van der Waals surface area (Å²) < 4.78 is 28.1. The highest BCUT2D eigenvalue weighted by Crippen LogP contribution is 2.37. The van der Waals surface area contributed by atoms with Gasteiger partial charge in [0.05, 0.1) is 6.61 Å². The zero-order valence-electron chi connectivity index (χ0n) is 22.7. The van der Waals surface area contributed by atoms with E-state index in [1.807, 2.05) is 58.0 Å². The van der Waals surface area contributed by atoms with Crippen LogP contribution in [-0.4, -0.2) is 34.6 Å². The van der Waals surface area contributed by atoms with Crippen LogP contribution in [-0.2, 0) is 20.8 Å². The molecule has 5 nitrogen and oxygen atoms in total. The van der Waals surface area contributed by atoms with Crippen molar-refractivity contribution in [3.63, 3.8) is 0 Å². The number of ether oxygens (including phenoxy) is 2. The van der Waals surface area contributed by atoms with E-state index in [0.717, 1.165) is 54.6 Å². The van der Waals surface area contributed by atoms with E-state index in [1.54, 1.807) is 6.07 Å². The second kappa shape index (κ2) is 11.6. The Labute approximate surface area is 220 Å². The summed E-state index contributed by atoms with van der Waals surface area (Å²) in [6, 6.07) is 15.5. The minimum Gasteiger partial charge on any atom is -0.458 e. The summed E-state index contributed by atoms with van der Waals surface area (Å²) in [5, 5.41) is 4.96. The van der Waals surface area contributed by atoms with Gasteiger partial charge in [-0.1, -0.05) is 36.4 Å². The molecule has 1 aliphatic carbocycles. The second-order valence-electron chi connectivity index (χ2n) is 11.3. The Morgan fingerprint density at radius 2 is 1.70 bits per heavy atom. The molecule has 0 aliphatic heterocycles. The molecule has 198 valence electrons. The van der Waals surface area contributed by atoms with E-state index in [0.29, 0.717) is 29.7 Å². The summed E-state index contributed by atoms with van der Waals surface area (Å²) in [5.41, 5.74) is 4.74. The Kier molecular flexibility index (Phi) is 8.48. The quantitative estimate of drug-likeness (QED) is 0.305. The third-order valence-corrected chi connectivity index (χ3v) is 7.04. The van der Waals surface area contributed by atoms with Crippen LogP contribution in [0.1, 0.15) is 57.7 Å². The first-order valence-electron chi connectivity index (χ1n) is 13.3. The Balaban J connectivity index is 1.42. The fourth-order valence-corrected chi connectivity index (χ4v) is 5.18. The van der Waals surface area contributed by atoms with Gasteiger partial charge in [-0.2, -0.15) is 5.10 Å². The van der Waals surface area contributed by atoms with Gasteiger partial charge in [0.1, 0.15) is 23.7 Å². The number of esters is 1. The maximum Gasteiger partial charge on any atom is 0.332 e. The number of hydrogen-bond acceptors (Lipinski definition) is 4. The molecule has 0 unspecified atom stereocenters. The molecule has 37 heavy (non-hydrogen) atoms. The summed E-state index contributed by atoms with van der Waals surface area (Å²) >= 11 is 0. The molecule has 0 atom stereocenters. The highest BCUT2D eigenvalue weighted by Gasteiger charge is 2.26. The minimum atomic E-state index is -0.491. The number of rotatable bonds is 8. The lowest BCUT2D eigenvalue weighted by molar-refractivity contribution is -0.160. The summed E-state index contributed by atoms with van der Waals surface area (Å²) in [5.74, 6) is 0.397. The average Bonchev–Trinajstić information content (AvgIpc) is 3.15. The second-order valence-corrected chi connectivity index (χ2v) is 11.3. The molecule has 1 saturated carbocycles. The van der Waals surface area contributed by atoms with Gasteiger partial charge in [-0.05, 0) is 95.4 Å². The van der Waals surface area contributed by atoms with Crippen molar-refractivity contribution in [2.75, 3.05) is 13.2 Å². The molecule has 0 amide bonds. The summed E-state index contributed by atoms with van der Waals surface area (Å²) in [6.07, 6.45) is 4.28. The fourth-order valence-electron chi connectivity index (χ4n) is 5.18. The third-order valence-electron chi connectivity index (χ3n) is 7.04. The normalized spacial score (nSPS) is 18.1. The van der Waals surface area contributed by atoms with Crippen molar-refractivity contribution >= 4 is 5.97 Å². The van der Waals surface area contributed by atoms with E-state index in [4.69, 9.17) is 14.6 Å². The lowest BCUT2D eigenvalue weighted by Gasteiger charge is -2.28. The maximum atomic E-state index is 15.0. The van der Waals surface area contributed by atoms with Gasteiger partial charge in [-0.25, -0.2) is 9.18 Å². The van der Waals surface area contributed by atoms with Crippen molar-refractivity contribution in [2.45, 2.75) is 72.4 Å². The zero-order chi connectivity index (χ0) is 26.6. The van der Waals surface area contributed by atoms with Crippen LogP contribution in [0.25, 0.3) is 22.4 Å². The molecule has 0 radical (unpaired) electrons. The first kappa shape index (κ1) is 27.1. The first-order chi connectivity index (χ1) is 17.6. The van der Waals surface area contributed by atoms with Gasteiger partial charge in [-0.3, -0.25) is 4.68 Å². The van der Waals surface area contributed by atoms with Gasteiger partial charge in [0.2, 0.25) is 0 Å². The number of carbonyl (C=O) groups is 1. The fraction of sp³-hybridized carbons (Fsp3) is 0.484. The molecule has 2 aromatic carbocycles. The molecule has 0 N–H and O–H groups in total. The molecular formula is C31H39FN2O3. The van der Waals surface area contributed by atoms with E-state index in [9.17, 15) is 4.79 Å². The smallest absolute Gasteiger partial charge is 0.332 e. The average molecular weight is 507 g/mol. The van der Waals surface area contributed by atoms with Gasteiger partial charge >= 0.3 is 5.97 Å². The van der Waals surface area contributed by atoms with Crippen molar-refractivity contribution in [1.29, 1.82) is 0 Å². The highest BCUT2D eigenvalue weighted by molar-refractivity contribution is 5.83. The number of hydrogen-bond donors (Lipinski definition) is 0. The van der Waals surface area contributed by atoms with E-state index in [2.05, 4.69) is 23.7 Å². The predicted octanol–water partition coefficient (Wildman–Crippen LogP) is 7.14. The Hall–Kier alpha value is -2.99. The number of halogens is 1. The summed E-state index contributed by atoms with van der Waals surface area (Å²) in [7, 11) is 0. The molecule has 0 bridgehead atoms. The van der Waals surface area contributed by atoms with Crippen LogP contribution in [0.15, 0.2) is 48.5 Å². The highest BCUT2D eigenvalue weighted by atomic mass is 19.1. The van der Waals surface area contributed by atoms with Crippen LogP contribution in [0.4, 0.5) is 4.39 Å². The minimum absolute atomic E-state index is 0.00426.